The van der Waals surface area contributed by atoms with E-state index >= 15 is 0 Å². The Morgan fingerprint density at radius 1 is 1.44 bits per heavy atom. The molecule has 0 amide bonds. The van der Waals surface area contributed by atoms with Gasteiger partial charge in [-0.1, -0.05) is 0 Å². The lowest BCUT2D eigenvalue weighted by molar-refractivity contribution is -0.386. The number of nitro benzene ring substituents is 1. The van der Waals surface area contributed by atoms with E-state index in [1.807, 2.05) is 0 Å². The lowest BCUT2D eigenvalue weighted by Crippen LogP contribution is -2.19. The van der Waals surface area contributed by atoms with Crippen LogP contribution < -0.4 is 15.2 Å². The molecule has 0 radical (unpaired) electrons. The van der Waals surface area contributed by atoms with Crippen molar-refractivity contribution in [3.63, 3.8) is 0 Å². The second kappa shape index (κ2) is 5.22. The maximum atomic E-state index is 10.9. The highest BCUT2D eigenvalue weighted by Gasteiger charge is 2.26. The Bertz CT molecular complexity index is 450. The van der Waals surface area contributed by atoms with Crippen LogP contribution in [0.2, 0.25) is 0 Å². The van der Waals surface area contributed by atoms with Crippen molar-refractivity contribution >= 4 is 5.69 Å². The highest BCUT2D eigenvalue weighted by Crippen LogP contribution is 2.34. The standard InChI is InChI=1S/C12H16N2O4/c1-17-9-4-5-11(14(15)16)12(7-9)18-10-3-2-8(13)6-10/h4-5,7-8,10H,2-3,6,13H2,1H3. The third kappa shape index (κ3) is 2.70. The van der Waals surface area contributed by atoms with Crippen molar-refractivity contribution in [2.75, 3.05) is 7.11 Å². The normalized spacial score (nSPS) is 22.8. The highest BCUT2D eigenvalue weighted by atomic mass is 16.6. The number of nitrogens with zero attached hydrogens (tertiary/aromatic N) is 1. The first kappa shape index (κ1) is 12.6. The zero-order chi connectivity index (χ0) is 13.1. The molecule has 6 heteroatoms. The molecule has 6 nitrogen and oxygen atoms in total. The van der Waals surface area contributed by atoms with E-state index in [4.69, 9.17) is 15.2 Å². The van der Waals surface area contributed by atoms with Crippen LogP contribution in [0.4, 0.5) is 5.69 Å². The van der Waals surface area contributed by atoms with Crippen LogP contribution >= 0.6 is 0 Å². The van der Waals surface area contributed by atoms with Gasteiger partial charge in [0.2, 0.25) is 5.75 Å². The summed E-state index contributed by atoms with van der Waals surface area (Å²) in [6, 6.07) is 4.61. The van der Waals surface area contributed by atoms with E-state index in [9.17, 15) is 10.1 Å². The summed E-state index contributed by atoms with van der Waals surface area (Å²) in [5.74, 6) is 0.788. The number of rotatable bonds is 4. The van der Waals surface area contributed by atoms with Gasteiger partial charge in [-0.3, -0.25) is 10.1 Å². The third-order valence-electron chi connectivity index (χ3n) is 3.08. The van der Waals surface area contributed by atoms with E-state index in [-0.39, 0.29) is 23.6 Å². The number of nitro groups is 1. The van der Waals surface area contributed by atoms with Gasteiger partial charge in [0.1, 0.15) is 11.9 Å². The highest BCUT2D eigenvalue weighted by molar-refractivity contribution is 5.50. The molecule has 2 atom stereocenters. The van der Waals surface area contributed by atoms with Crippen LogP contribution in [0.25, 0.3) is 0 Å². The molecule has 0 spiro atoms. The largest absolute Gasteiger partial charge is 0.497 e. The molecule has 0 bridgehead atoms. The lowest BCUT2D eigenvalue weighted by Gasteiger charge is -2.14. The molecule has 18 heavy (non-hydrogen) atoms. The molecule has 1 saturated carbocycles. The van der Waals surface area contributed by atoms with Crippen LogP contribution in [0.5, 0.6) is 11.5 Å². The van der Waals surface area contributed by atoms with Crippen LogP contribution in [0, 0.1) is 10.1 Å². The molecule has 98 valence electrons. The topological polar surface area (TPSA) is 87.6 Å². The maximum Gasteiger partial charge on any atom is 0.311 e. The van der Waals surface area contributed by atoms with Crippen LogP contribution in [0.15, 0.2) is 18.2 Å². The molecular weight excluding hydrogens is 236 g/mol. The Balaban J connectivity index is 2.21. The van der Waals surface area contributed by atoms with Gasteiger partial charge < -0.3 is 15.2 Å². The molecule has 1 aliphatic rings. The molecule has 2 rings (SSSR count). The van der Waals surface area contributed by atoms with Crippen molar-refractivity contribution < 1.29 is 14.4 Å². The first-order chi connectivity index (χ1) is 8.60. The molecule has 1 aromatic carbocycles. The van der Waals surface area contributed by atoms with Gasteiger partial charge in [0.05, 0.1) is 12.0 Å². The summed E-state index contributed by atoms with van der Waals surface area (Å²) < 4.78 is 10.7. The van der Waals surface area contributed by atoms with E-state index in [1.54, 1.807) is 12.1 Å². The summed E-state index contributed by atoms with van der Waals surface area (Å²) in [5, 5.41) is 10.9. The first-order valence-corrected chi connectivity index (χ1v) is 5.85. The second-order valence-electron chi connectivity index (χ2n) is 4.40. The smallest absolute Gasteiger partial charge is 0.311 e. The summed E-state index contributed by atoms with van der Waals surface area (Å²) in [4.78, 5) is 10.5. The average molecular weight is 252 g/mol. The van der Waals surface area contributed by atoms with Crippen LogP contribution in [-0.4, -0.2) is 24.2 Å². The van der Waals surface area contributed by atoms with Crippen molar-refractivity contribution in [3.8, 4) is 11.5 Å². The van der Waals surface area contributed by atoms with Crippen LogP contribution in [0.3, 0.4) is 0 Å². The van der Waals surface area contributed by atoms with Gasteiger partial charge in [0.15, 0.2) is 0 Å². The number of benzene rings is 1. The number of hydrogen-bond donors (Lipinski definition) is 1. The van der Waals surface area contributed by atoms with Gasteiger partial charge in [0, 0.05) is 18.2 Å². The van der Waals surface area contributed by atoms with Gasteiger partial charge in [-0.25, -0.2) is 0 Å². The van der Waals surface area contributed by atoms with Gasteiger partial charge in [-0.15, -0.1) is 0 Å². The molecule has 0 heterocycles. The molecule has 2 unspecified atom stereocenters. The zero-order valence-electron chi connectivity index (χ0n) is 10.2. The predicted octanol–water partition coefficient (Wildman–Crippen LogP) is 1.86. The van der Waals surface area contributed by atoms with Crippen LogP contribution in [-0.2, 0) is 0 Å². The van der Waals surface area contributed by atoms with E-state index in [0.29, 0.717) is 5.75 Å². The van der Waals surface area contributed by atoms with Gasteiger partial charge >= 0.3 is 5.69 Å². The van der Waals surface area contributed by atoms with E-state index < -0.39 is 4.92 Å². The number of hydrogen-bond acceptors (Lipinski definition) is 5. The molecule has 2 N–H and O–H groups in total. The molecule has 1 aromatic rings. The first-order valence-electron chi connectivity index (χ1n) is 5.85. The fraction of sp³-hybridized carbons (Fsp3) is 0.500. The SMILES string of the molecule is COc1ccc([N+](=O)[O-])c(OC2CCC(N)C2)c1. The van der Waals surface area contributed by atoms with Crippen LogP contribution in [0.1, 0.15) is 19.3 Å². The van der Waals surface area contributed by atoms with E-state index in [0.717, 1.165) is 19.3 Å². The lowest BCUT2D eigenvalue weighted by atomic mass is 10.2. The fourth-order valence-corrected chi connectivity index (χ4v) is 2.13. The number of ether oxygens (including phenoxy) is 2. The number of methoxy groups -OCH3 is 1. The zero-order valence-corrected chi connectivity index (χ0v) is 10.2. The maximum absolute atomic E-state index is 10.9. The monoisotopic (exact) mass is 252 g/mol. The Hall–Kier alpha value is -1.82. The Morgan fingerprint density at radius 2 is 2.22 bits per heavy atom. The summed E-state index contributed by atoms with van der Waals surface area (Å²) in [7, 11) is 1.51. The summed E-state index contributed by atoms with van der Waals surface area (Å²) in [6.45, 7) is 0. The van der Waals surface area contributed by atoms with Crippen molar-refractivity contribution in [1.29, 1.82) is 0 Å². The Kier molecular flexibility index (Phi) is 3.66. The minimum absolute atomic E-state index is 0.0451. The fourth-order valence-electron chi connectivity index (χ4n) is 2.13. The summed E-state index contributed by atoms with van der Waals surface area (Å²) in [5.41, 5.74) is 5.75. The Morgan fingerprint density at radius 3 is 2.78 bits per heavy atom. The van der Waals surface area contributed by atoms with Crippen molar-refractivity contribution in [1.82, 2.24) is 0 Å². The molecule has 0 aromatic heterocycles. The molecule has 1 aliphatic carbocycles. The van der Waals surface area contributed by atoms with Gasteiger partial charge in [-0.2, -0.15) is 0 Å². The molecular formula is C12H16N2O4. The van der Waals surface area contributed by atoms with Gasteiger partial charge in [-0.05, 0) is 25.3 Å². The van der Waals surface area contributed by atoms with Crippen molar-refractivity contribution in [2.24, 2.45) is 5.73 Å². The minimum Gasteiger partial charge on any atom is -0.497 e. The summed E-state index contributed by atoms with van der Waals surface area (Å²) >= 11 is 0. The van der Waals surface area contributed by atoms with E-state index in [2.05, 4.69) is 0 Å². The van der Waals surface area contributed by atoms with Gasteiger partial charge in [0.25, 0.3) is 0 Å². The number of nitrogens with two attached hydrogens (primary N) is 1. The molecule has 1 fully saturated rings. The second-order valence-corrected chi connectivity index (χ2v) is 4.40. The third-order valence-corrected chi connectivity index (χ3v) is 3.08. The Labute approximate surface area is 105 Å². The van der Waals surface area contributed by atoms with Crippen molar-refractivity contribution in [2.45, 2.75) is 31.4 Å². The quantitative estimate of drug-likeness (QED) is 0.652. The van der Waals surface area contributed by atoms with E-state index in [1.165, 1.54) is 13.2 Å². The predicted molar refractivity (Wildman–Crippen MR) is 65.9 cm³/mol. The molecule has 0 aliphatic heterocycles. The van der Waals surface area contributed by atoms with Crippen molar-refractivity contribution in [3.05, 3.63) is 28.3 Å². The average Bonchev–Trinajstić information content (AvgIpc) is 2.74. The minimum atomic E-state index is -0.455. The summed E-state index contributed by atoms with van der Waals surface area (Å²) in [6.07, 6.45) is 2.40. The molecule has 0 saturated heterocycles.